The molecule has 2 heterocycles. The third-order valence-electron chi connectivity index (χ3n) is 3.70. The molecule has 0 bridgehead atoms. The van der Waals surface area contributed by atoms with Crippen LogP contribution >= 0.6 is 0 Å². The van der Waals surface area contributed by atoms with E-state index in [-0.39, 0.29) is 5.91 Å². The van der Waals surface area contributed by atoms with Gasteiger partial charge in [-0.3, -0.25) is 9.79 Å². The monoisotopic (exact) mass is 241 g/mol. The Bertz CT molecular complexity index is 562. The van der Waals surface area contributed by atoms with Crippen molar-refractivity contribution in [3.05, 3.63) is 47.0 Å². The number of hydrogen-bond donors (Lipinski definition) is 2. The fourth-order valence-electron chi connectivity index (χ4n) is 2.58. The molecule has 1 atom stereocenters. The van der Waals surface area contributed by atoms with E-state index < -0.39 is 5.41 Å². The van der Waals surface area contributed by atoms with Crippen molar-refractivity contribution in [3.63, 3.8) is 0 Å². The van der Waals surface area contributed by atoms with Gasteiger partial charge in [-0.05, 0) is 22.8 Å². The lowest BCUT2D eigenvalue weighted by atomic mass is 9.77. The van der Waals surface area contributed by atoms with E-state index in [1.807, 2.05) is 12.1 Å². The third kappa shape index (κ3) is 1.57. The summed E-state index contributed by atoms with van der Waals surface area (Å²) in [6.07, 6.45) is 5.35. The van der Waals surface area contributed by atoms with E-state index in [2.05, 4.69) is 22.4 Å². The van der Waals surface area contributed by atoms with Crippen LogP contribution in [0.4, 0.5) is 0 Å². The maximum Gasteiger partial charge on any atom is 0.233 e. The van der Waals surface area contributed by atoms with Crippen molar-refractivity contribution in [3.8, 4) is 0 Å². The van der Waals surface area contributed by atoms with Gasteiger partial charge in [0.25, 0.3) is 0 Å². The highest BCUT2D eigenvalue weighted by Gasteiger charge is 2.37. The van der Waals surface area contributed by atoms with Crippen LogP contribution in [0.3, 0.4) is 0 Å². The molecule has 4 nitrogen and oxygen atoms in total. The highest BCUT2D eigenvalue weighted by Crippen LogP contribution is 2.30. The maximum absolute atomic E-state index is 11.9. The van der Waals surface area contributed by atoms with Gasteiger partial charge in [0.1, 0.15) is 5.41 Å². The second-order valence-electron chi connectivity index (χ2n) is 4.77. The van der Waals surface area contributed by atoms with Gasteiger partial charge in [0.05, 0.1) is 6.54 Å². The number of rotatable bonds is 2. The molecule has 2 aliphatic heterocycles. The average Bonchev–Trinajstić information content (AvgIpc) is 2.86. The summed E-state index contributed by atoms with van der Waals surface area (Å²) in [5.41, 5.74) is 8.29. The third-order valence-corrected chi connectivity index (χ3v) is 3.70. The Morgan fingerprint density at radius 3 is 2.89 bits per heavy atom. The number of hydrogen-bond acceptors (Lipinski definition) is 3. The van der Waals surface area contributed by atoms with Crippen molar-refractivity contribution in [1.29, 1.82) is 0 Å². The predicted molar refractivity (Wildman–Crippen MR) is 70.4 cm³/mol. The first-order valence-corrected chi connectivity index (χ1v) is 6.03. The van der Waals surface area contributed by atoms with Gasteiger partial charge in [0.2, 0.25) is 5.91 Å². The summed E-state index contributed by atoms with van der Waals surface area (Å²) in [7, 11) is 0. The zero-order chi connectivity index (χ0) is 12.6. The fourth-order valence-corrected chi connectivity index (χ4v) is 2.58. The molecule has 1 amide bonds. The van der Waals surface area contributed by atoms with E-state index in [0.717, 1.165) is 18.7 Å². The zero-order valence-corrected chi connectivity index (χ0v) is 10.0. The molecule has 1 aromatic carbocycles. The summed E-state index contributed by atoms with van der Waals surface area (Å²) in [6, 6.07) is 6.13. The molecule has 0 spiro atoms. The lowest BCUT2D eigenvalue weighted by Gasteiger charge is -2.28. The first kappa shape index (κ1) is 11.2. The van der Waals surface area contributed by atoms with E-state index in [1.54, 1.807) is 12.3 Å². The van der Waals surface area contributed by atoms with Crippen molar-refractivity contribution in [2.45, 2.75) is 18.5 Å². The Morgan fingerprint density at radius 2 is 2.17 bits per heavy atom. The predicted octanol–water partition coefficient (Wildman–Crippen LogP) is 0.653. The van der Waals surface area contributed by atoms with Crippen molar-refractivity contribution in [1.82, 2.24) is 5.32 Å². The molecule has 1 aromatic rings. The maximum atomic E-state index is 11.9. The highest BCUT2D eigenvalue weighted by atomic mass is 16.1. The van der Waals surface area contributed by atoms with Crippen molar-refractivity contribution in [2.75, 3.05) is 6.54 Å². The minimum atomic E-state index is -0.785. The van der Waals surface area contributed by atoms with Crippen LogP contribution in [0.1, 0.15) is 16.7 Å². The number of aliphatic imine (C=N–C) groups is 1. The minimum Gasteiger partial charge on any atom is -0.369 e. The SMILES string of the molecule is NC(=O)C1(c2ccc3c(c2)CNC3)C=CC=NC1. The number of nitrogens with two attached hydrogens (primary N) is 1. The Morgan fingerprint density at radius 1 is 1.33 bits per heavy atom. The van der Waals surface area contributed by atoms with Crippen LogP contribution in [-0.2, 0) is 23.3 Å². The molecule has 92 valence electrons. The first-order chi connectivity index (χ1) is 8.72. The normalized spacial score (nSPS) is 25.1. The summed E-state index contributed by atoms with van der Waals surface area (Å²) in [5.74, 6) is -0.346. The largest absolute Gasteiger partial charge is 0.369 e. The lowest BCUT2D eigenvalue weighted by molar-refractivity contribution is -0.121. The quantitative estimate of drug-likeness (QED) is 0.798. The molecule has 0 aliphatic carbocycles. The number of carbonyl (C=O) groups is 1. The molecule has 0 aromatic heterocycles. The van der Waals surface area contributed by atoms with E-state index >= 15 is 0 Å². The zero-order valence-electron chi connectivity index (χ0n) is 10.0. The topological polar surface area (TPSA) is 67.5 Å². The lowest BCUT2D eigenvalue weighted by Crippen LogP contribution is -2.43. The summed E-state index contributed by atoms with van der Waals surface area (Å²) in [4.78, 5) is 16.1. The summed E-state index contributed by atoms with van der Waals surface area (Å²) in [6.45, 7) is 2.14. The van der Waals surface area contributed by atoms with Crippen LogP contribution in [-0.4, -0.2) is 18.7 Å². The summed E-state index contributed by atoms with van der Waals surface area (Å²) < 4.78 is 0. The van der Waals surface area contributed by atoms with Crippen LogP contribution in [0.5, 0.6) is 0 Å². The van der Waals surface area contributed by atoms with Gasteiger partial charge < -0.3 is 11.1 Å². The van der Waals surface area contributed by atoms with E-state index in [9.17, 15) is 4.79 Å². The van der Waals surface area contributed by atoms with Gasteiger partial charge in [0.15, 0.2) is 0 Å². The molecule has 0 saturated carbocycles. The minimum absolute atomic E-state index is 0.346. The van der Waals surface area contributed by atoms with E-state index in [4.69, 9.17) is 5.73 Å². The number of fused-ring (bicyclic) bond motifs is 1. The molecule has 0 fully saturated rings. The van der Waals surface area contributed by atoms with Gasteiger partial charge in [-0.25, -0.2) is 0 Å². The highest BCUT2D eigenvalue weighted by molar-refractivity contribution is 5.92. The number of dihydropyridines is 1. The van der Waals surface area contributed by atoms with E-state index in [1.165, 1.54) is 11.1 Å². The fraction of sp³-hybridized carbons (Fsp3) is 0.286. The molecule has 0 saturated heterocycles. The average molecular weight is 241 g/mol. The molecule has 3 N–H and O–H groups in total. The van der Waals surface area contributed by atoms with Crippen molar-refractivity contribution < 1.29 is 4.79 Å². The Hall–Kier alpha value is -1.94. The van der Waals surface area contributed by atoms with Crippen LogP contribution in [0.25, 0.3) is 0 Å². The number of nitrogens with one attached hydrogen (secondary N) is 1. The Kier molecular flexibility index (Phi) is 2.52. The second kappa shape index (κ2) is 4.07. The molecular weight excluding hydrogens is 226 g/mol. The molecule has 2 aliphatic rings. The Labute approximate surface area is 106 Å². The van der Waals surface area contributed by atoms with Gasteiger partial charge in [-0.15, -0.1) is 0 Å². The first-order valence-electron chi connectivity index (χ1n) is 6.03. The van der Waals surface area contributed by atoms with Crippen molar-refractivity contribution >= 4 is 12.1 Å². The number of allylic oxidation sites excluding steroid dienone is 1. The molecular formula is C14H15N3O. The van der Waals surface area contributed by atoms with E-state index in [0.29, 0.717) is 6.54 Å². The van der Waals surface area contributed by atoms with Gasteiger partial charge >= 0.3 is 0 Å². The van der Waals surface area contributed by atoms with Gasteiger partial charge in [-0.1, -0.05) is 24.3 Å². The molecule has 1 unspecified atom stereocenters. The number of benzene rings is 1. The molecule has 3 rings (SSSR count). The number of primary amides is 1. The smallest absolute Gasteiger partial charge is 0.233 e. The standard InChI is InChI=1S/C14H15N3O/c15-13(18)14(4-1-5-16-9-14)12-3-2-10-7-17-8-11(10)6-12/h1-6,17H,7-9H2,(H2,15,18). The summed E-state index contributed by atoms with van der Waals surface area (Å²) in [5, 5.41) is 3.30. The number of carbonyl (C=O) groups excluding carboxylic acids is 1. The molecule has 0 radical (unpaired) electrons. The van der Waals surface area contributed by atoms with Crippen molar-refractivity contribution in [2.24, 2.45) is 10.7 Å². The Balaban J connectivity index is 2.09. The second-order valence-corrected chi connectivity index (χ2v) is 4.77. The van der Waals surface area contributed by atoms with Crippen LogP contribution in [0, 0.1) is 0 Å². The van der Waals surface area contributed by atoms with Crippen LogP contribution in [0.2, 0.25) is 0 Å². The number of amides is 1. The van der Waals surface area contributed by atoms with Crippen LogP contribution in [0.15, 0.2) is 35.3 Å². The summed E-state index contributed by atoms with van der Waals surface area (Å²) >= 11 is 0. The van der Waals surface area contributed by atoms with Gasteiger partial charge in [-0.2, -0.15) is 0 Å². The molecule has 4 heteroatoms. The van der Waals surface area contributed by atoms with Gasteiger partial charge in [0, 0.05) is 19.3 Å². The molecule has 18 heavy (non-hydrogen) atoms. The van der Waals surface area contributed by atoms with Crippen LogP contribution < -0.4 is 11.1 Å². The number of nitrogens with zero attached hydrogens (tertiary/aromatic N) is 1.